The van der Waals surface area contributed by atoms with Crippen LogP contribution in [0.5, 0.6) is 0 Å². The van der Waals surface area contributed by atoms with Gasteiger partial charge in [0.1, 0.15) is 5.82 Å². The molecule has 0 saturated carbocycles. The molecule has 0 aromatic heterocycles. The van der Waals surface area contributed by atoms with Crippen molar-refractivity contribution < 1.29 is 14.0 Å². The molecule has 0 radical (unpaired) electrons. The largest absolute Gasteiger partial charge is 0.353 e. The van der Waals surface area contributed by atoms with Gasteiger partial charge in [-0.05, 0) is 50.0 Å². The van der Waals surface area contributed by atoms with Gasteiger partial charge < -0.3 is 15.5 Å². The summed E-state index contributed by atoms with van der Waals surface area (Å²) in [4.78, 5) is 25.8. The molecule has 1 aliphatic rings. The van der Waals surface area contributed by atoms with Crippen LogP contribution in [-0.4, -0.2) is 49.4 Å². The van der Waals surface area contributed by atoms with E-state index >= 15 is 0 Å². The number of likely N-dealkylation sites (tertiary alicyclic amines) is 1. The molecule has 0 spiro atoms. The zero-order valence-electron chi connectivity index (χ0n) is 13.5. The van der Waals surface area contributed by atoms with Gasteiger partial charge in [-0.2, -0.15) is 0 Å². The molecule has 1 saturated heterocycles. The van der Waals surface area contributed by atoms with Crippen LogP contribution in [0.15, 0.2) is 24.3 Å². The Morgan fingerprint density at radius 2 is 2.00 bits per heavy atom. The van der Waals surface area contributed by atoms with Crippen LogP contribution >= 0.6 is 0 Å². The lowest BCUT2D eigenvalue weighted by molar-refractivity contribution is -0.120. The van der Waals surface area contributed by atoms with Gasteiger partial charge in [0, 0.05) is 18.7 Å². The first-order valence-corrected chi connectivity index (χ1v) is 8.07. The molecule has 126 valence electrons. The minimum atomic E-state index is -0.474. The molecule has 1 fully saturated rings. The molecule has 1 heterocycles. The van der Waals surface area contributed by atoms with Crippen LogP contribution in [0.3, 0.4) is 0 Å². The predicted octanol–water partition coefficient (Wildman–Crippen LogP) is 1.40. The zero-order valence-corrected chi connectivity index (χ0v) is 13.5. The standard InChI is InChI=1S/C17H24FN3O2/c1-13-5-8-21(9-6-13)10-7-19-16(22)12-20-17(23)14-3-2-4-15(18)11-14/h2-4,11,13H,5-10,12H2,1H3,(H,19,22)(H,20,23). The Kier molecular flexibility index (Phi) is 6.52. The topological polar surface area (TPSA) is 61.4 Å². The molecule has 5 nitrogen and oxygen atoms in total. The summed E-state index contributed by atoms with van der Waals surface area (Å²) in [6.07, 6.45) is 2.41. The van der Waals surface area contributed by atoms with E-state index in [2.05, 4.69) is 22.5 Å². The average molecular weight is 321 g/mol. The van der Waals surface area contributed by atoms with Gasteiger partial charge in [-0.25, -0.2) is 4.39 Å². The number of carbonyl (C=O) groups excluding carboxylic acids is 2. The van der Waals surface area contributed by atoms with E-state index in [0.717, 1.165) is 31.6 Å². The number of piperidine rings is 1. The molecule has 1 aliphatic heterocycles. The number of halogens is 1. The molecular weight excluding hydrogens is 297 g/mol. The van der Waals surface area contributed by atoms with Gasteiger partial charge in [0.05, 0.1) is 6.54 Å². The van der Waals surface area contributed by atoms with Crippen molar-refractivity contribution in [2.75, 3.05) is 32.7 Å². The molecule has 0 unspecified atom stereocenters. The predicted molar refractivity (Wildman–Crippen MR) is 86.6 cm³/mol. The Morgan fingerprint density at radius 3 is 2.70 bits per heavy atom. The SMILES string of the molecule is CC1CCN(CCNC(=O)CNC(=O)c2cccc(F)c2)CC1. The summed E-state index contributed by atoms with van der Waals surface area (Å²) < 4.78 is 13.0. The highest BCUT2D eigenvalue weighted by atomic mass is 19.1. The number of nitrogens with one attached hydrogen (secondary N) is 2. The van der Waals surface area contributed by atoms with Gasteiger partial charge in [0.2, 0.25) is 5.91 Å². The molecule has 2 rings (SSSR count). The van der Waals surface area contributed by atoms with E-state index in [1.807, 2.05) is 0 Å². The maximum absolute atomic E-state index is 13.0. The van der Waals surface area contributed by atoms with Crippen LogP contribution in [0.25, 0.3) is 0 Å². The second-order valence-electron chi connectivity index (χ2n) is 6.07. The van der Waals surface area contributed by atoms with E-state index in [9.17, 15) is 14.0 Å². The Balaban J connectivity index is 1.62. The molecule has 2 N–H and O–H groups in total. The number of hydrogen-bond donors (Lipinski definition) is 2. The van der Waals surface area contributed by atoms with Crippen molar-refractivity contribution >= 4 is 11.8 Å². The minimum absolute atomic E-state index is 0.105. The Hall–Kier alpha value is -1.95. The Morgan fingerprint density at radius 1 is 1.26 bits per heavy atom. The van der Waals surface area contributed by atoms with E-state index in [1.54, 1.807) is 0 Å². The average Bonchev–Trinajstić information content (AvgIpc) is 2.54. The molecule has 1 aromatic rings. The Labute approximate surface area is 136 Å². The first kappa shape index (κ1) is 17.4. The van der Waals surface area contributed by atoms with Crippen LogP contribution < -0.4 is 10.6 Å². The maximum atomic E-state index is 13.0. The van der Waals surface area contributed by atoms with E-state index < -0.39 is 11.7 Å². The summed E-state index contributed by atoms with van der Waals surface area (Å²) >= 11 is 0. The summed E-state index contributed by atoms with van der Waals surface area (Å²) in [7, 11) is 0. The molecule has 6 heteroatoms. The smallest absolute Gasteiger partial charge is 0.251 e. The summed E-state index contributed by atoms with van der Waals surface area (Å²) in [6.45, 7) is 5.72. The molecule has 2 amide bonds. The lowest BCUT2D eigenvalue weighted by Gasteiger charge is -2.30. The fourth-order valence-electron chi connectivity index (χ4n) is 2.59. The van der Waals surface area contributed by atoms with Crippen LogP contribution in [0.4, 0.5) is 4.39 Å². The van der Waals surface area contributed by atoms with E-state index in [4.69, 9.17) is 0 Å². The minimum Gasteiger partial charge on any atom is -0.353 e. The van der Waals surface area contributed by atoms with Gasteiger partial charge in [-0.15, -0.1) is 0 Å². The molecule has 1 aromatic carbocycles. The Bertz CT molecular complexity index is 542. The number of amides is 2. The number of rotatable bonds is 6. The fraction of sp³-hybridized carbons (Fsp3) is 0.529. The van der Waals surface area contributed by atoms with Crippen molar-refractivity contribution in [3.8, 4) is 0 Å². The monoisotopic (exact) mass is 321 g/mol. The van der Waals surface area contributed by atoms with E-state index in [0.29, 0.717) is 6.54 Å². The zero-order chi connectivity index (χ0) is 16.7. The first-order valence-electron chi connectivity index (χ1n) is 8.07. The molecule has 0 atom stereocenters. The molecule has 0 aliphatic carbocycles. The molecule has 23 heavy (non-hydrogen) atoms. The van der Waals surface area contributed by atoms with Gasteiger partial charge in [-0.1, -0.05) is 13.0 Å². The number of nitrogens with zero attached hydrogens (tertiary/aromatic N) is 1. The lowest BCUT2D eigenvalue weighted by Crippen LogP contribution is -2.42. The van der Waals surface area contributed by atoms with E-state index in [-0.39, 0.29) is 18.0 Å². The fourth-order valence-corrected chi connectivity index (χ4v) is 2.59. The summed E-state index contributed by atoms with van der Waals surface area (Å²) in [6, 6.07) is 5.38. The third-order valence-electron chi connectivity index (χ3n) is 4.12. The van der Waals surface area contributed by atoms with Gasteiger partial charge >= 0.3 is 0 Å². The number of carbonyl (C=O) groups is 2. The van der Waals surface area contributed by atoms with Crippen LogP contribution in [0, 0.1) is 11.7 Å². The van der Waals surface area contributed by atoms with Crippen LogP contribution in [0.2, 0.25) is 0 Å². The quantitative estimate of drug-likeness (QED) is 0.833. The molecule has 0 bridgehead atoms. The lowest BCUT2D eigenvalue weighted by atomic mass is 9.99. The highest BCUT2D eigenvalue weighted by Gasteiger charge is 2.15. The summed E-state index contributed by atoms with van der Waals surface area (Å²) in [5.41, 5.74) is 0.209. The number of benzene rings is 1. The van der Waals surface area contributed by atoms with Gasteiger partial charge in [0.25, 0.3) is 5.91 Å². The van der Waals surface area contributed by atoms with Crippen LogP contribution in [-0.2, 0) is 4.79 Å². The highest BCUT2D eigenvalue weighted by molar-refractivity contribution is 5.96. The van der Waals surface area contributed by atoms with Crippen LogP contribution in [0.1, 0.15) is 30.1 Å². The van der Waals surface area contributed by atoms with Crippen molar-refractivity contribution in [2.24, 2.45) is 5.92 Å². The highest BCUT2D eigenvalue weighted by Crippen LogP contribution is 2.14. The second-order valence-corrected chi connectivity index (χ2v) is 6.07. The third kappa shape index (κ3) is 5.98. The van der Waals surface area contributed by atoms with Crippen molar-refractivity contribution in [1.82, 2.24) is 15.5 Å². The van der Waals surface area contributed by atoms with Gasteiger partial charge in [0.15, 0.2) is 0 Å². The molecular formula is C17H24FN3O2. The summed E-state index contributed by atoms with van der Waals surface area (Å²) in [5, 5.41) is 5.28. The van der Waals surface area contributed by atoms with Crippen molar-refractivity contribution in [1.29, 1.82) is 0 Å². The van der Waals surface area contributed by atoms with Crippen molar-refractivity contribution in [3.63, 3.8) is 0 Å². The van der Waals surface area contributed by atoms with Crippen molar-refractivity contribution in [2.45, 2.75) is 19.8 Å². The summed E-state index contributed by atoms with van der Waals surface area (Å²) in [5.74, 6) is -0.373. The maximum Gasteiger partial charge on any atom is 0.251 e. The second kappa shape index (κ2) is 8.62. The third-order valence-corrected chi connectivity index (χ3v) is 4.12. The number of hydrogen-bond acceptors (Lipinski definition) is 3. The van der Waals surface area contributed by atoms with E-state index in [1.165, 1.54) is 31.0 Å². The first-order chi connectivity index (χ1) is 11.0. The normalized spacial score (nSPS) is 16.1. The van der Waals surface area contributed by atoms with Crippen molar-refractivity contribution in [3.05, 3.63) is 35.6 Å². The van der Waals surface area contributed by atoms with Gasteiger partial charge in [-0.3, -0.25) is 9.59 Å².